The molecule has 18 heavy (non-hydrogen) atoms. The van der Waals surface area contributed by atoms with Crippen molar-refractivity contribution in [3.63, 3.8) is 0 Å². The van der Waals surface area contributed by atoms with Crippen LogP contribution in [0.3, 0.4) is 0 Å². The SMILES string of the molecule is COc1ccc(CN2C[C@H](C)N(N)[C@@H](C)C2)cc1. The van der Waals surface area contributed by atoms with Gasteiger partial charge < -0.3 is 4.74 Å². The molecule has 0 aliphatic carbocycles. The van der Waals surface area contributed by atoms with Gasteiger partial charge in [-0.1, -0.05) is 12.1 Å². The molecule has 1 fully saturated rings. The lowest BCUT2D eigenvalue weighted by atomic mass is 10.1. The first-order chi connectivity index (χ1) is 8.60. The van der Waals surface area contributed by atoms with E-state index in [2.05, 4.69) is 30.9 Å². The quantitative estimate of drug-likeness (QED) is 0.824. The van der Waals surface area contributed by atoms with Crippen LogP contribution in [0.1, 0.15) is 19.4 Å². The largest absolute Gasteiger partial charge is 0.497 e. The van der Waals surface area contributed by atoms with Crippen molar-refractivity contribution in [2.24, 2.45) is 5.84 Å². The van der Waals surface area contributed by atoms with Crippen LogP contribution in [0.15, 0.2) is 24.3 Å². The van der Waals surface area contributed by atoms with E-state index >= 15 is 0 Å². The zero-order chi connectivity index (χ0) is 13.1. The van der Waals surface area contributed by atoms with Gasteiger partial charge in [-0.25, -0.2) is 5.01 Å². The smallest absolute Gasteiger partial charge is 0.118 e. The maximum absolute atomic E-state index is 6.01. The third kappa shape index (κ3) is 3.02. The summed E-state index contributed by atoms with van der Waals surface area (Å²) in [4.78, 5) is 2.46. The molecule has 1 saturated heterocycles. The van der Waals surface area contributed by atoms with E-state index in [0.717, 1.165) is 25.4 Å². The zero-order valence-corrected chi connectivity index (χ0v) is 11.5. The molecule has 2 N–H and O–H groups in total. The van der Waals surface area contributed by atoms with Crippen molar-refractivity contribution in [3.05, 3.63) is 29.8 Å². The Morgan fingerprint density at radius 1 is 1.17 bits per heavy atom. The van der Waals surface area contributed by atoms with E-state index in [1.807, 2.05) is 17.1 Å². The second-order valence-electron chi connectivity index (χ2n) is 5.19. The summed E-state index contributed by atoms with van der Waals surface area (Å²) in [6.07, 6.45) is 0. The first kappa shape index (κ1) is 13.3. The van der Waals surface area contributed by atoms with Gasteiger partial charge in [0.05, 0.1) is 7.11 Å². The van der Waals surface area contributed by atoms with Crippen LogP contribution in [-0.4, -0.2) is 42.2 Å². The summed E-state index contributed by atoms with van der Waals surface area (Å²) in [6.45, 7) is 7.37. The second kappa shape index (κ2) is 5.69. The predicted octanol–water partition coefficient (Wildman–Crippen LogP) is 1.46. The Labute approximate surface area is 109 Å². The molecule has 0 amide bonds. The van der Waals surface area contributed by atoms with Gasteiger partial charge in [-0.3, -0.25) is 10.7 Å². The fraction of sp³-hybridized carbons (Fsp3) is 0.571. The Kier molecular flexibility index (Phi) is 4.22. The molecular weight excluding hydrogens is 226 g/mol. The van der Waals surface area contributed by atoms with E-state index in [1.54, 1.807) is 7.11 Å². The summed E-state index contributed by atoms with van der Waals surface area (Å²) >= 11 is 0. The molecular formula is C14H23N3O. The molecule has 4 heteroatoms. The second-order valence-corrected chi connectivity index (χ2v) is 5.19. The fourth-order valence-corrected chi connectivity index (χ4v) is 2.56. The van der Waals surface area contributed by atoms with Gasteiger partial charge in [0.15, 0.2) is 0 Å². The van der Waals surface area contributed by atoms with Crippen molar-refractivity contribution < 1.29 is 4.74 Å². The van der Waals surface area contributed by atoms with Gasteiger partial charge in [0.25, 0.3) is 0 Å². The van der Waals surface area contributed by atoms with Crippen molar-refractivity contribution in [1.29, 1.82) is 0 Å². The molecule has 1 aliphatic heterocycles. The Hall–Kier alpha value is -1.10. The average molecular weight is 249 g/mol. The molecule has 1 heterocycles. The van der Waals surface area contributed by atoms with Gasteiger partial charge in [-0.15, -0.1) is 0 Å². The van der Waals surface area contributed by atoms with Crippen LogP contribution >= 0.6 is 0 Å². The highest BCUT2D eigenvalue weighted by molar-refractivity contribution is 5.27. The van der Waals surface area contributed by atoms with Gasteiger partial charge in [-0.2, -0.15) is 0 Å². The Morgan fingerprint density at radius 3 is 2.22 bits per heavy atom. The number of rotatable bonds is 3. The van der Waals surface area contributed by atoms with Crippen molar-refractivity contribution in [2.75, 3.05) is 20.2 Å². The van der Waals surface area contributed by atoms with Crippen molar-refractivity contribution in [1.82, 2.24) is 9.91 Å². The maximum atomic E-state index is 6.01. The molecule has 2 atom stereocenters. The number of hydrogen-bond acceptors (Lipinski definition) is 4. The predicted molar refractivity (Wildman–Crippen MR) is 73.2 cm³/mol. The molecule has 0 spiro atoms. The van der Waals surface area contributed by atoms with E-state index in [4.69, 9.17) is 10.6 Å². The number of nitrogens with two attached hydrogens (primary N) is 1. The summed E-state index contributed by atoms with van der Waals surface area (Å²) in [5.41, 5.74) is 1.32. The lowest BCUT2D eigenvalue weighted by Gasteiger charge is -2.41. The molecule has 0 saturated carbocycles. The van der Waals surface area contributed by atoms with Crippen molar-refractivity contribution in [2.45, 2.75) is 32.5 Å². The van der Waals surface area contributed by atoms with E-state index in [0.29, 0.717) is 12.1 Å². The normalized spacial score (nSPS) is 26.2. The Morgan fingerprint density at radius 2 is 1.72 bits per heavy atom. The van der Waals surface area contributed by atoms with Crippen molar-refractivity contribution in [3.8, 4) is 5.75 Å². The minimum Gasteiger partial charge on any atom is -0.497 e. The molecule has 1 aromatic rings. The molecule has 0 aromatic heterocycles. The van der Waals surface area contributed by atoms with Crippen molar-refractivity contribution >= 4 is 0 Å². The lowest BCUT2D eigenvalue weighted by Crippen LogP contribution is -2.59. The topological polar surface area (TPSA) is 41.7 Å². The Balaban J connectivity index is 1.96. The van der Waals surface area contributed by atoms with Crippen LogP contribution in [0.4, 0.5) is 0 Å². The monoisotopic (exact) mass is 249 g/mol. The standard InChI is InChI=1S/C14H23N3O/c1-11-8-16(9-12(2)17(11)15)10-13-4-6-14(18-3)7-5-13/h4-7,11-12H,8-10,15H2,1-3H3/t11-,12-/m0/s1. The van der Waals surface area contributed by atoms with Crippen LogP contribution in [0.5, 0.6) is 5.75 Å². The lowest BCUT2D eigenvalue weighted by molar-refractivity contribution is 0.0347. The molecule has 1 aromatic carbocycles. The highest BCUT2D eigenvalue weighted by atomic mass is 16.5. The zero-order valence-electron chi connectivity index (χ0n) is 11.5. The summed E-state index contributed by atoms with van der Waals surface area (Å²) in [7, 11) is 1.69. The molecule has 2 rings (SSSR count). The number of nitrogens with zero attached hydrogens (tertiary/aromatic N) is 2. The van der Waals surface area contributed by atoms with E-state index in [-0.39, 0.29) is 0 Å². The summed E-state index contributed by atoms with van der Waals surface area (Å²) in [5.74, 6) is 6.91. The van der Waals surface area contributed by atoms with E-state index in [1.165, 1.54) is 5.56 Å². The van der Waals surface area contributed by atoms with Crippen LogP contribution < -0.4 is 10.6 Å². The number of hydrazine groups is 1. The summed E-state index contributed by atoms with van der Waals surface area (Å²) < 4.78 is 5.17. The van der Waals surface area contributed by atoms with Crippen LogP contribution in [0.2, 0.25) is 0 Å². The molecule has 0 bridgehead atoms. The first-order valence-corrected chi connectivity index (χ1v) is 6.48. The first-order valence-electron chi connectivity index (χ1n) is 6.48. The number of benzene rings is 1. The highest BCUT2D eigenvalue weighted by Crippen LogP contribution is 2.17. The van der Waals surface area contributed by atoms with Gasteiger partial charge in [0, 0.05) is 31.7 Å². The minimum absolute atomic E-state index is 0.409. The fourth-order valence-electron chi connectivity index (χ4n) is 2.56. The molecule has 0 unspecified atom stereocenters. The van der Waals surface area contributed by atoms with E-state index in [9.17, 15) is 0 Å². The van der Waals surface area contributed by atoms with Crippen LogP contribution in [0.25, 0.3) is 0 Å². The summed E-state index contributed by atoms with van der Waals surface area (Å²) in [6, 6.07) is 9.10. The van der Waals surface area contributed by atoms with Gasteiger partial charge in [0.2, 0.25) is 0 Å². The third-order valence-electron chi connectivity index (χ3n) is 3.63. The average Bonchev–Trinajstić information content (AvgIpc) is 2.37. The highest BCUT2D eigenvalue weighted by Gasteiger charge is 2.26. The number of methoxy groups -OCH3 is 1. The van der Waals surface area contributed by atoms with Gasteiger partial charge in [-0.05, 0) is 31.5 Å². The number of piperazine rings is 1. The number of hydrogen-bond donors (Lipinski definition) is 1. The number of ether oxygens (including phenoxy) is 1. The Bertz CT molecular complexity index is 367. The molecule has 0 radical (unpaired) electrons. The van der Waals surface area contributed by atoms with Crippen LogP contribution in [0, 0.1) is 0 Å². The van der Waals surface area contributed by atoms with E-state index < -0.39 is 0 Å². The molecule has 1 aliphatic rings. The molecule has 100 valence electrons. The van der Waals surface area contributed by atoms with Gasteiger partial charge >= 0.3 is 0 Å². The molecule has 4 nitrogen and oxygen atoms in total. The maximum Gasteiger partial charge on any atom is 0.118 e. The summed E-state index contributed by atoms with van der Waals surface area (Å²) in [5, 5.41) is 1.96. The van der Waals surface area contributed by atoms with Gasteiger partial charge in [0.1, 0.15) is 5.75 Å². The minimum atomic E-state index is 0.409. The van der Waals surface area contributed by atoms with Crippen LogP contribution in [-0.2, 0) is 6.54 Å². The third-order valence-corrected chi connectivity index (χ3v) is 3.63.